The minimum atomic E-state index is 0.621. The topological polar surface area (TPSA) is 85.1 Å². The van der Waals surface area contributed by atoms with Gasteiger partial charge in [-0.05, 0) is 25.7 Å². The van der Waals surface area contributed by atoms with Crippen LogP contribution in [0.1, 0.15) is 24.1 Å². The molecule has 1 aromatic rings. The van der Waals surface area contributed by atoms with Crippen LogP contribution in [-0.4, -0.2) is 30.2 Å². The third kappa shape index (κ3) is 2.83. The Morgan fingerprint density at radius 3 is 2.88 bits per heavy atom. The average Bonchev–Trinajstić information content (AvgIpc) is 2.38. The Bertz CT molecular complexity index is 365. The largest absolute Gasteiger partial charge is 0.383 e. The zero-order chi connectivity index (χ0) is 12.1. The number of anilines is 2. The lowest BCUT2D eigenvalue weighted by Gasteiger charge is -2.18. The molecular weight excluding hydrogens is 218 g/mol. The number of rotatable bonds is 5. The van der Waals surface area contributed by atoms with E-state index >= 15 is 0 Å². The lowest BCUT2D eigenvalue weighted by atomic mass is 9.96. The van der Waals surface area contributed by atoms with Crippen molar-refractivity contribution in [2.24, 2.45) is 5.84 Å². The van der Waals surface area contributed by atoms with Crippen molar-refractivity contribution in [3.8, 4) is 0 Å². The SMILES string of the molecule is COCCNc1nc2c(c(NN)n1)CCCC2. The second kappa shape index (κ2) is 5.79. The van der Waals surface area contributed by atoms with Gasteiger partial charge in [-0.15, -0.1) is 0 Å². The summed E-state index contributed by atoms with van der Waals surface area (Å²) >= 11 is 0. The third-order valence-electron chi connectivity index (χ3n) is 2.91. The van der Waals surface area contributed by atoms with Gasteiger partial charge in [-0.1, -0.05) is 0 Å². The highest BCUT2D eigenvalue weighted by Crippen LogP contribution is 2.25. The highest BCUT2D eigenvalue weighted by atomic mass is 16.5. The Morgan fingerprint density at radius 2 is 2.12 bits per heavy atom. The number of nitrogens with two attached hydrogens (primary N) is 1. The molecule has 0 unspecified atom stereocenters. The molecule has 0 spiro atoms. The Labute approximate surface area is 101 Å². The smallest absolute Gasteiger partial charge is 0.225 e. The van der Waals surface area contributed by atoms with E-state index in [0.717, 1.165) is 29.9 Å². The molecular formula is C11H19N5O. The minimum Gasteiger partial charge on any atom is -0.383 e. The summed E-state index contributed by atoms with van der Waals surface area (Å²) < 4.78 is 4.97. The molecule has 0 aliphatic heterocycles. The van der Waals surface area contributed by atoms with E-state index in [1.54, 1.807) is 7.11 Å². The van der Waals surface area contributed by atoms with Crippen LogP contribution in [0.4, 0.5) is 11.8 Å². The number of aromatic nitrogens is 2. The molecule has 1 heterocycles. The van der Waals surface area contributed by atoms with Crippen LogP contribution in [0.5, 0.6) is 0 Å². The van der Waals surface area contributed by atoms with Crippen molar-refractivity contribution in [2.75, 3.05) is 31.0 Å². The number of hydrogen-bond acceptors (Lipinski definition) is 6. The van der Waals surface area contributed by atoms with Crippen molar-refractivity contribution in [1.82, 2.24) is 9.97 Å². The normalized spacial score (nSPS) is 14.2. The first-order valence-corrected chi connectivity index (χ1v) is 5.94. The van der Waals surface area contributed by atoms with Crippen LogP contribution in [0, 0.1) is 0 Å². The van der Waals surface area contributed by atoms with Gasteiger partial charge in [0.1, 0.15) is 5.82 Å². The van der Waals surface area contributed by atoms with Gasteiger partial charge in [0.05, 0.1) is 12.3 Å². The molecule has 1 aromatic heterocycles. The lowest BCUT2D eigenvalue weighted by molar-refractivity contribution is 0.210. The number of hydrogen-bond donors (Lipinski definition) is 3. The van der Waals surface area contributed by atoms with Gasteiger partial charge in [0.25, 0.3) is 0 Å². The monoisotopic (exact) mass is 237 g/mol. The molecule has 0 aromatic carbocycles. The van der Waals surface area contributed by atoms with E-state index in [-0.39, 0.29) is 0 Å². The first-order valence-electron chi connectivity index (χ1n) is 5.94. The van der Waals surface area contributed by atoms with Gasteiger partial charge in [-0.2, -0.15) is 4.98 Å². The fourth-order valence-electron chi connectivity index (χ4n) is 2.06. The first kappa shape index (κ1) is 12.1. The second-order valence-electron chi connectivity index (χ2n) is 4.09. The molecule has 0 amide bonds. The fourth-order valence-corrected chi connectivity index (χ4v) is 2.06. The zero-order valence-electron chi connectivity index (χ0n) is 10.1. The van der Waals surface area contributed by atoms with E-state index in [2.05, 4.69) is 20.7 Å². The van der Waals surface area contributed by atoms with E-state index in [1.165, 1.54) is 12.8 Å². The van der Waals surface area contributed by atoms with Crippen molar-refractivity contribution >= 4 is 11.8 Å². The van der Waals surface area contributed by atoms with Crippen molar-refractivity contribution < 1.29 is 4.74 Å². The van der Waals surface area contributed by atoms with Gasteiger partial charge in [0.2, 0.25) is 5.95 Å². The molecule has 6 nitrogen and oxygen atoms in total. The molecule has 4 N–H and O–H groups in total. The molecule has 0 radical (unpaired) electrons. The molecule has 0 atom stereocenters. The predicted octanol–water partition coefficient (Wildman–Crippen LogP) is 0.699. The van der Waals surface area contributed by atoms with Crippen molar-refractivity contribution in [1.29, 1.82) is 0 Å². The lowest BCUT2D eigenvalue weighted by Crippen LogP contribution is -2.19. The average molecular weight is 237 g/mol. The van der Waals surface area contributed by atoms with Gasteiger partial charge in [-0.25, -0.2) is 10.8 Å². The number of nitrogens with one attached hydrogen (secondary N) is 2. The number of ether oxygens (including phenoxy) is 1. The molecule has 0 saturated carbocycles. The van der Waals surface area contributed by atoms with Crippen LogP contribution in [0.25, 0.3) is 0 Å². The fraction of sp³-hybridized carbons (Fsp3) is 0.636. The highest BCUT2D eigenvalue weighted by molar-refractivity contribution is 5.50. The Hall–Kier alpha value is -1.40. The van der Waals surface area contributed by atoms with E-state index in [4.69, 9.17) is 10.6 Å². The van der Waals surface area contributed by atoms with Crippen LogP contribution < -0.4 is 16.6 Å². The van der Waals surface area contributed by atoms with Crippen molar-refractivity contribution in [2.45, 2.75) is 25.7 Å². The Morgan fingerprint density at radius 1 is 1.29 bits per heavy atom. The van der Waals surface area contributed by atoms with Gasteiger partial charge in [0.15, 0.2) is 0 Å². The van der Waals surface area contributed by atoms with Crippen molar-refractivity contribution in [3.63, 3.8) is 0 Å². The van der Waals surface area contributed by atoms with Crippen LogP contribution in [0.2, 0.25) is 0 Å². The molecule has 2 rings (SSSR count). The summed E-state index contributed by atoms with van der Waals surface area (Å²) in [6.45, 7) is 1.32. The number of aryl methyl sites for hydroxylation is 1. The Kier molecular flexibility index (Phi) is 4.11. The third-order valence-corrected chi connectivity index (χ3v) is 2.91. The number of hydrazine groups is 1. The number of nitrogens with zero attached hydrogens (tertiary/aromatic N) is 2. The summed E-state index contributed by atoms with van der Waals surface area (Å²) in [5, 5.41) is 3.13. The van der Waals surface area contributed by atoms with E-state index in [9.17, 15) is 0 Å². The molecule has 0 bridgehead atoms. The summed E-state index contributed by atoms with van der Waals surface area (Å²) in [5.74, 6) is 6.87. The maximum absolute atomic E-state index is 5.50. The molecule has 0 fully saturated rings. The summed E-state index contributed by atoms with van der Waals surface area (Å²) in [4.78, 5) is 8.88. The van der Waals surface area contributed by atoms with E-state index in [0.29, 0.717) is 19.1 Å². The molecule has 1 aliphatic rings. The van der Waals surface area contributed by atoms with Gasteiger partial charge >= 0.3 is 0 Å². The quantitative estimate of drug-likeness (QED) is 0.397. The summed E-state index contributed by atoms with van der Waals surface area (Å²) in [5.41, 5.74) is 4.94. The minimum absolute atomic E-state index is 0.621. The van der Waals surface area contributed by atoms with Crippen molar-refractivity contribution in [3.05, 3.63) is 11.3 Å². The highest BCUT2D eigenvalue weighted by Gasteiger charge is 2.16. The standard InChI is InChI=1S/C11H19N5O/c1-17-7-6-13-11-14-9-5-3-2-4-8(9)10(15-11)16-12/h2-7,12H2,1H3,(H2,13,14,15,16). The van der Waals surface area contributed by atoms with Crippen LogP contribution in [0.3, 0.4) is 0 Å². The molecule has 94 valence electrons. The van der Waals surface area contributed by atoms with Gasteiger partial charge in [0, 0.05) is 19.2 Å². The number of nitrogen functional groups attached to an aromatic ring is 1. The molecule has 0 saturated heterocycles. The van der Waals surface area contributed by atoms with Gasteiger partial charge in [-0.3, -0.25) is 0 Å². The van der Waals surface area contributed by atoms with Crippen LogP contribution in [-0.2, 0) is 17.6 Å². The van der Waals surface area contributed by atoms with E-state index < -0.39 is 0 Å². The second-order valence-corrected chi connectivity index (χ2v) is 4.09. The Balaban J connectivity index is 2.17. The number of fused-ring (bicyclic) bond motifs is 1. The summed E-state index contributed by atoms with van der Waals surface area (Å²) in [6, 6.07) is 0. The summed E-state index contributed by atoms with van der Waals surface area (Å²) in [6.07, 6.45) is 4.38. The molecule has 1 aliphatic carbocycles. The summed E-state index contributed by atoms with van der Waals surface area (Å²) in [7, 11) is 1.67. The molecule has 17 heavy (non-hydrogen) atoms. The van der Waals surface area contributed by atoms with Crippen LogP contribution >= 0.6 is 0 Å². The molecule has 6 heteroatoms. The first-order chi connectivity index (χ1) is 8.35. The van der Waals surface area contributed by atoms with Crippen LogP contribution in [0.15, 0.2) is 0 Å². The van der Waals surface area contributed by atoms with Gasteiger partial charge < -0.3 is 15.5 Å². The zero-order valence-corrected chi connectivity index (χ0v) is 10.1. The number of methoxy groups -OCH3 is 1. The maximum atomic E-state index is 5.50. The van der Waals surface area contributed by atoms with E-state index in [1.807, 2.05) is 0 Å². The maximum Gasteiger partial charge on any atom is 0.225 e. The predicted molar refractivity (Wildman–Crippen MR) is 66.8 cm³/mol.